The van der Waals surface area contributed by atoms with E-state index in [1.54, 1.807) is 6.20 Å². The van der Waals surface area contributed by atoms with Crippen LogP contribution in [0.2, 0.25) is 0 Å². The third-order valence-electron chi connectivity index (χ3n) is 2.86. The molecular weight excluding hydrogens is 238 g/mol. The summed E-state index contributed by atoms with van der Waals surface area (Å²) in [6.07, 6.45) is 1.22. The van der Waals surface area contributed by atoms with Crippen molar-refractivity contribution < 1.29 is 4.74 Å². The molecule has 1 aromatic heterocycles. The van der Waals surface area contributed by atoms with Gasteiger partial charge in [0.05, 0.1) is 12.3 Å². The van der Waals surface area contributed by atoms with Crippen LogP contribution in [0.15, 0.2) is 48.7 Å². The first kappa shape index (κ1) is 13.5. The van der Waals surface area contributed by atoms with Crippen molar-refractivity contribution in [2.24, 2.45) is 5.73 Å². The molecule has 0 aliphatic heterocycles. The summed E-state index contributed by atoms with van der Waals surface area (Å²) in [5.74, 6) is 0. The maximum Gasteiger partial charge on any atom is 0.149 e. The Morgan fingerprint density at radius 1 is 1.16 bits per heavy atom. The van der Waals surface area contributed by atoms with Gasteiger partial charge in [-0.1, -0.05) is 18.2 Å². The number of nitrogens with zero attached hydrogens (tertiary/aromatic N) is 2. The molecule has 0 fully saturated rings. The highest BCUT2D eigenvalue weighted by Crippen LogP contribution is 2.15. The summed E-state index contributed by atoms with van der Waals surface area (Å²) in [5.41, 5.74) is 8.93. The van der Waals surface area contributed by atoms with Crippen LogP contribution in [0.25, 0.3) is 0 Å². The molecule has 2 rings (SSSR count). The number of benzene rings is 1. The van der Waals surface area contributed by atoms with E-state index < -0.39 is 6.23 Å². The quantitative estimate of drug-likeness (QED) is 0.835. The molecule has 100 valence electrons. The number of rotatable bonds is 5. The Labute approximate surface area is 113 Å². The molecule has 2 N–H and O–H groups in total. The number of nitrogens with two attached hydrogens (primary N) is 1. The van der Waals surface area contributed by atoms with Gasteiger partial charge in [-0.25, -0.2) is 0 Å². The second-order valence-corrected chi connectivity index (χ2v) is 4.55. The van der Waals surface area contributed by atoms with Crippen LogP contribution >= 0.6 is 0 Å². The topological polar surface area (TPSA) is 51.4 Å². The fraction of sp³-hybridized carbons (Fsp3) is 0.267. The summed E-state index contributed by atoms with van der Waals surface area (Å²) in [6.45, 7) is 0.478. The normalized spacial score (nSPS) is 12.2. The molecule has 0 spiro atoms. The smallest absolute Gasteiger partial charge is 0.149 e. The predicted molar refractivity (Wildman–Crippen MR) is 76.7 cm³/mol. The van der Waals surface area contributed by atoms with Crippen LogP contribution in [0.5, 0.6) is 0 Å². The largest absolute Gasteiger partial charge is 0.378 e. The van der Waals surface area contributed by atoms with Crippen LogP contribution in [0, 0.1) is 0 Å². The van der Waals surface area contributed by atoms with Crippen molar-refractivity contribution >= 4 is 5.69 Å². The lowest BCUT2D eigenvalue weighted by Gasteiger charge is -2.14. The Kier molecular flexibility index (Phi) is 4.49. The van der Waals surface area contributed by atoms with E-state index in [9.17, 15) is 0 Å². The molecule has 0 radical (unpaired) electrons. The van der Waals surface area contributed by atoms with Crippen molar-refractivity contribution in [3.8, 4) is 0 Å². The molecule has 1 aromatic carbocycles. The van der Waals surface area contributed by atoms with Crippen molar-refractivity contribution in [1.29, 1.82) is 0 Å². The van der Waals surface area contributed by atoms with E-state index in [2.05, 4.69) is 22.0 Å². The van der Waals surface area contributed by atoms with Gasteiger partial charge in [0.2, 0.25) is 0 Å². The Morgan fingerprint density at radius 2 is 1.89 bits per heavy atom. The highest BCUT2D eigenvalue weighted by atomic mass is 16.5. The van der Waals surface area contributed by atoms with E-state index in [1.165, 1.54) is 0 Å². The van der Waals surface area contributed by atoms with E-state index in [0.717, 1.165) is 16.9 Å². The Balaban J connectivity index is 1.92. The van der Waals surface area contributed by atoms with Crippen LogP contribution in [-0.2, 0) is 11.3 Å². The SMILES string of the molecule is CN(C)c1ccc(COC(N)c2ccccn2)cc1. The van der Waals surface area contributed by atoms with Gasteiger partial charge in [-0.3, -0.25) is 4.98 Å². The van der Waals surface area contributed by atoms with Gasteiger partial charge in [-0.05, 0) is 29.8 Å². The first-order chi connectivity index (χ1) is 9.16. The van der Waals surface area contributed by atoms with Gasteiger partial charge in [-0.15, -0.1) is 0 Å². The molecule has 0 aliphatic rings. The highest BCUT2D eigenvalue weighted by molar-refractivity contribution is 5.45. The molecule has 0 saturated heterocycles. The molecule has 1 unspecified atom stereocenters. The second kappa shape index (κ2) is 6.31. The first-order valence-electron chi connectivity index (χ1n) is 6.21. The second-order valence-electron chi connectivity index (χ2n) is 4.55. The molecule has 1 atom stereocenters. The summed E-state index contributed by atoms with van der Waals surface area (Å²) in [4.78, 5) is 6.23. The standard InChI is InChI=1S/C15H19N3O/c1-18(2)13-8-6-12(7-9-13)11-19-15(16)14-5-3-4-10-17-14/h3-10,15H,11,16H2,1-2H3. The van der Waals surface area contributed by atoms with Gasteiger partial charge in [-0.2, -0.15) is 0 Å². The summed E-state index contributed by atoms with van der Waals surface area (Å²) in [6, 6.07) is 13.8. The molecule has 2 aromatic rings. The van der Waals surface area contributed by atoms with E-state index in [1.807, 2.05) is 44.4 Å². The lowest BCUT2D eigenvalue weighted by molar-refractivity contribution is 0.0413. The minimum absolute atomic E-state index is 0.478. The maximum atomic E-state index is 5.93. The van der Waals surface area contributed by atoms with E-state index >= 15 is 0 Å². The molecule has 0 bridgehead atoms. The average molecular weight is 257 g/mol. The van der Waals surface area contributed by atoms with E-state index in [-0.39, 0.29) is 0 Å². The molecule has 0 aliphatic carbocycles. The minimum Gasteiger partial charge on any atom is -0.378 e. The Morgan fingerprint density at radius 3 is 2.47 bits per heavy atom. The molecule has 1 heterocycles. The van der Waals surface area contributed by atoms with Crippen molar-refractivity contribution in [1.82, 2.24) is 4.98 Å². The van der Waals surface area contributed by atoms with Crippen molar-refractivity contribution in [3.05, 3.63) is 59.9 Å². The van der Waals surface area contributed by atoms with Crippen molar-refractivity contribution in [3.63, 3.8) is 0 Å². The molecule has 4 nitrogen and oxygen atoms in total. The molecule has 4 heteroatoms. The summed E-state index contributed by atoms with van der Waals surface area (Å²) < 4.78 is 5.62. The lowest BCUT2D eigenvalue weighted by atomic mass is 10.2. The Bertz CT molecular complexity index is 497. The van der Waals surface area contributed by atoms with Gasteiger partial charge in [0.25, 0.3) is 0 Å². The van der Waals surface area contributed by atoms with Gasteiger partial charge >= 0.3 is 0 Å². The van der Waals surface area contributed by atoms with Gasteiger partial charge in [0, 0.05) is 26.0 Å². The highest BCUT2D eigenvalue weighted by Gasteiger charge is 2.07. The molecule has 19 heavy (non-hydrogen) atoms. The Hall–Kier alpha value is -1.91. The van der Waals surface area contributed by atoms with Gasteiger partial charge < -0.3 is 15.4 Å². The van der Waals surface area contributed by atoms with Crippen LogP contribution in [0.1, 0.15) is 17.5 Å². The zero-order chi connectivity index (χ0) is 13.7. The predicted octanol–water partition coefficient (Wildman–Crippen LogP) is 2.32. The summed E-state index contributed by atoms with van der Waals surface area (Å²) >= 11 is 0. The molecule has 0 saturated carbocycles. The first-order valence-corrected chi connectivity index (χ1v) is 6.21. The third kappa shape index (κ3) is 3.77. The van der Waals surface area contributed by atoms with Crippen LogP contribution in [-0.4, -0.2) is 19.1 Å². The number of aromatic nitrogens is 1. The monoisotopic (exact) mass is 257 g/mol. The minimum atomic E-state index is -0.491. The van der Waals surface area contributed by atoms with E-state index in [0.29, 0.717) is 6.61 Å². The number of anilines is 1. The summed E-state index contributed by atoms with van der Waals surface area (Å²) in [7, 11) is 4.03. The lowest BCUT2D eigenvalue weighted by Crippen LogP contribution is -2.15. The average Bonchev–Trinajstić information content (AvgIpc) is 2.46. The fourth-order valence-electron chi connectivity index (χ4n) is 1.71. The number of pyridine rings is 1. The zero-order valence-electron chi connectivity index (χ0n) is 11.3. The fourth-order valence-corrected chi connectivity index (χ4v) is 1.71. The summed E-state index contributed by atoms with van der Waals surface area (Å²) in [5, 5.41) is 0. The van der Waals surface area contributed by atoms with E-state index in [4.69, 9.17) is 10.5 Å². The van der Waals surface area contributed by atoms with Gasteiger partial charge in [0.1, 0.15) is 6.23 Å². The van der Waals surface area contributed by atoms with Gasteiger partial charge in [0.15, 0.2) is 0 Å². The van der Waals surface area contributed by atoms with Crippen LogP contribution < -0.4 is 10.6 Å². The third-order valence-corrected chi connectivity index (χ3v) is 2.86. The number of hydrogen-bond acceptors (Lipinski definition) is 4. The van der Waals surface area contributed by atoms with Crippen LogP contribution in [0.4, 0.5) is 5.69 Å². The molecule has 0 amide bonds. The van der Waals surface area contributed by atoms with Crippen molar-refractivity contribution in [2.45, 2.75) is 12.8 Å². The van der Waals surface area contributed by atoms with Crippen LogP contribution in [0.3, 0.4) is 0 Å². The number of hydrogen-bond donors (Lipinski definition) is 1. The van der Waals surface area contributed by atoms with Crippen molar-refractivity contribution in [2.75, 3.05) is 19.0 Å². The maximum absolute atomic E-state index is 5.93. The zero-order valence-corrected chi connectivity index (χ0v) is 11.3. The molecular formula is C15H19N3O. The number of ether oxygens (including phenoxy) is 1.